The zero-order valence-electron chi connectivity index (χ0n) is 12.5. The summed E-state index contributed by atoms with van der Waals surface area (Å²) in [6.07, 6.45) is 1.69. The van der Waals surface area contributed by atoms with Gasteiger partial charge < -0.3 is 14.6 Å². The van der Waals surface area contributed by atoms with Gasteiger partial charge in [-0.1, -0.05) is 18.2 Å². The first-order chi connectivity index (χ1) is 11.1. The Bertz CT molecular complexity index is 700. The lowest BCUT2D eigenvalue weighted by Gasteiger charge is -2.17. The van der Waals surface area contributed by atoms with Gasteiger partial charge in [0.1, 0.15) is 11.6 Å². The van der Waals surface area contributed by atoms with Crippen molar-refractivity contribution < 1.29 is 18.4 Å². The van der Waals surface area contributed by atoms with Crippen LogP contribution in [0.15, 0.2) is 47.1 Å². The molecule has 1 atom stereocenters. The Labute approximate surface area is 133 Å². The molecule has 1 N–H and O–H groups in total. The number of hydrogen-bond donors (Lipinski definition) is 1. The SMILES string of the molecule is O=C(NCc1ccco1)C1CC(=O)N(Cc2ccccc2F)C1. The van der Waals surface area contributed by atoms with Crippen LogP contribution in [0.4, 0.5) is 4.39 Å². The van der Waals surface area contributed by atoms with Crippen LogP contribution in [0.3, 0.4) is 0 Å². The topological polar surface area (TPSA) is 62.6 Å². The zero-order chi connectivity index (χ0) is 16.2. The molecule has 0 saturated carbocycles. The van der Waals surface area contributed by atoms with Gasteiger partial charge in [0.2, 0.25) is 11.8 Å². The molecule has 2 aromatic rings. The van der Waals surface area contributed by atoms with Crippen molar-refractivity contribution in [1.82, 2.24) is 10.2 Å². The molecule has 1 fully saturated rings. The molecule has 1 aromatic heterocycles. The van der Waals surface area contributed by atoms with E-state index < -0.39 is 5.92 Å². The fraction of sp³-hybridized carbons (Fsp3) is 0.294. The first-order valence-electron chi connectivity index (χ1n) is 7.45. The first-order valence-corrected chi connectivity index (χ1v) is 7.45. The molecule has 3 rings (SSSR count). The fourth-order valence-electron chi connectivity index (χ4n) is 2.66. The maximum Gasteiger partial charge on any atom is 0.225 e. The molecule has 1 aliphatic rings. The van der Waals surface area contributed by atoms with Gasteiger partial charge in [0, 0.05) is 25.1 Å². The number of halogens is 1. The second-order valence-corrected chi connectivity index (χ2v) is 5.56. The van der Waals surface area contributed by atoms with Crippen LogP contribution >= 0.6 is 0 Å². The van der Waals surface area contributed by atoms with Gasteiger partial charge in [-0.3, -0.25) is 9.59 Å². The van der Waals surface area contributed by atoms with Gasteiger partial charge >= 0.3 is 0 Å². The second kappa shape index (κ2) is 6.64. The molecule has 2 heterocycles. The molecule has 0 spiro atoms. The lowest BCUT2D eigenvalue weighted by Crippen LogP contribution is -2.32. The molecule has 5 nitrogen and oxygen atoms in total. The third kappa shape index (κ3) is 3.59. The Morgan fingerprint density at radius 2 is 2.13 bits per heavy atom. The Morgan fingerprint density at radius 3 is 2.87 bits per heavy atom. The van der Waals surface area contributed by atoms with E-state index in [1.807, 2.05) is 0 Å². The molecule has 1 aliphatic heterocycles. The average molecular weight is 316 g/mol. The van der Waals surface area contributed by atoms with Crippen molar-refractivity contribution >= 4 is 11.8 Å². The summed E-state index contributed by atoms with van der Waals surface area (Å²) in [6, 6.07) is 9.86. The van der Waals surface area contributed by atoms with Gasteiger partial charge in [-0.25, -0.2) is 4.39 Å². The van der Waals surface area contributed by atoms with Crippen LogP contribution in [0.5, 0.6) is 0 Å². The van der Waals surface area contributed by atoms with E-state index in [0.717, 1.165) is 0 Å². The predicted molar refractivity (Wildman–Crippen MR) is 80.5 cm³/mol. The van der Waals surface area contributed by atoms with Crippen molar-refractivity contribution in [2.24, 2.45) is 5.92 Å². The van der Waals surface area contributed by atoms with Gasteiger partial charge in [0.25, 0.3) is 0 Å². The standard InChI is InChI=1S/C17H17FN2O3/c18-15-6-2-1-4-12(15)10-20-11-13(8-16(20)21)17(22)19-9-14-5-3-7-23-14/h1-7,13H,8-11H2,(H,19,22). The summed E-state index contributed by atoms with van der Waals surface area (Å²) in [6.45, 7) is 0.786. The predicted octanol–water partition coefficient (Wildman–Crippen LogP) is 2.08. The summed E-state index contributed by atoms with van der Waals surface area (Å²) >= 11 is 0. The van der Waals surface area contributed by atoms with E-state index in [1.54, 1.807) is 30.3 Å². The Hall–Kier alpha value is -2.63. The molecule has 0 radical (unpaired) electrons. The van der Waals surface area contributed by atoms with Crippen molar-refractivity contribution in [2.45, 2.75) is 19.5 Å². The van der Waals surface area contributed by atoms with Crippen molar-refractivity contribution in [2.75, 3.05) is 6.54 Å². The highest BCUT2D eigenvalue weighted by Gasteiger charge is 2.34. The molecular weight excluding hydrogens is 299 g/mol. The minimum atomic E-state index is -0.413. The normalized spacial score (nSPS) is 17.5. The number of hydrogen-bond acceptors (Lipinski definition) is 3. The molecule has 1 unspecified atom stereocenters. The average Bonchev–Trinajstić information content (AvgIpc) is 3.18. The van der Waals surface area contributed by atoms with Crippen LogP contribution in [-0.2, 0) is 22.7 Å². The monoisotopic (exact) mass is 316 g/mol. The van der Waals surface area contributed by atoms with Crippen LogP contribution < -0.4 is 5.32 Å². The number of amides is 2. The highest BCUT2D eigenvalue weighted by Crippen LogP contribution is 2.21. The molecular formula is C17H17FN2O3. The van der Waals surface area contributed by atoms with E-state index in [0.29, 0.717) is 24.4 Å². The lowest BCUT2D eigenvalue weighted by atomic mass is 10.1. The number of likely N-dealkylation sites (tertiary alicyclic amines) is 1. The van der Waals surface area contributed by atoms with Crippen LogP contribution in [0.25, 0.3) is 0 Å². The molecule has 23 heavy (non-hydrogen) atoms. The Kier molecular flexibility index (Phi) is 4.41. The number of carbonyl (C=O) groups excluding carboxylic acids is 2. The van der Waals surface area contributed by atoms with Gasteiger partial charge in [-0.05, 0) is 18.2 Å². The zero-order valence-corrected chi connectivity index (χ0v) is 12.5. The Morgan fingerprint density at radius 1 is 1.30 bits per heavy atom. The third-order valence-electron chi connectivity index (χ3n) is 3.92. The highest BCUT2D eigenvalue weighted by atomic mass is 19.1. The van der Waals surface area contributed by atoms with Crippen molar-refractivity contribution in [3.8, 4) is 0 Å². The summed E-state index contributed by atoms with van der Waals surface area (Å²) < 4.78 is 18.8. The van der Waals surface area contributed by atoms with E-state index >= 15 is 0 Å². The van der Waals surface area contributed by atoms with E-state index in [2.05, 4.69) is 5.32 Å². The van der Waals surface area contributed by atoms with Gasteiger partial charge in [-0.15, -0.1) is 0 Å². The first kappa shape index (κ1) is 15.3. The van der Waals surface area contributed by atoms with Crippen molar-refractivity contribution in [3.05, 3.63) is 59.8 Å². The van der Waals surface area contributed by atoms with Gasteiger partial charge in [-0.2, -0.15) is 0 Å². The smallest absolute Gasteiger partial charge is 0.225 e. The summed E-state index contributed by atoms with van der Waals surface area (Å²) in [5.41, 5.74) is 0.456. The lowest BCUT2D eigenvalue weighted by molar-refractivity contribution is -0.129. The summed E-state index contributed by atoms with van der Waals surface area (Å²) in [7, 11) is 0. The number of nitrogens with zero attached hydrogens (tertiary/aromatic N) is 1. The molecule has 0 aliphatic carbocycles. The third-order valence-corrected chi connectivity index (χ3v) is 3.92. The van der Waals surface area contributed by atoms with E-state index in [1.165, 1.54) is 17.2 Å². The Balaban J connectivity index is 1.56. The number of nitrogens with one attached hydrogen (secondary N) is 1. The molecule has 1 saturated heterocycles. The maximum atomic E-state index is 13.7. The minimum absolute atomic E-state index is 0.133. The molecule has 2 amide bonds. The highest BCUT2D eigenvalue weighted by molar-refractivity contribution is 5.89. The quantitative estimate of drug-likeness (QED) is 0.918. The number of rotatable bonds is 5. The number of furan rings is 1. The molecule has 6 heteroatoms. The second-order valence-electron chi connectivity index (χ2n) is 5.56. The molecule has 0 bridgehead atoms. The van der Waals surface area contributed by atoms with Crippen LogP contribution in [0.2, 0.25) is 0 Å². The summed E-state index contributed by atoms with van der Waals surface area (Å²) in [5.74, 6) is -0.418. The van der Waals surface area contributed by atoms with Gasteiger partial charge in [0.05, 0.1) is 18.7 Å². The van der Waals surface area contributed by atoms with Gasteiger partial charge in [0.15, 0.2) is 0 Å². The van der Waals surface area contributed by atoms with Crippen LogP contribution in [-0.4, -0.2) is 23.3 Å². The van der Waals surface area contributed by atoms with Crippen molar-refractivity contribution in [1.29, 1.82) is 0 Å². The molecule has 1 aromatic carbocycles. The van der Waals surface area contributed by atoms with Crippen LogP contribution in [0, 0.1) is 11.7 Å². The summed E-state index contributed by atoms with van der Waals surface area (Å²) in [4.78, 5) is 25.7. The largest absolute Gasteiger partial charge is 0.467 e. The number of carbonyl (C=O) groups is 2. The molecule has 120 valence electrons. The summed E-state index contributed by atoms with van der Waals surface area (Å²) in [5, 5.41) is 2.76. The van der Waals surface area contributed by atoms with E-state index in [4.69, 9.17) is 4.42 Å². The van der Waals surface area contributed by atoms with Crippen LogP contribution in [0.1, 0.15) is 17.7 Å². The fourth-order valence-corrected chi connectivity index (χ4v) is 2.66. The minimum Gasteiger partial charge on any atom is -0.467 e. The van der Waals surface area contributed by atoms with E-state index in [-0.39, 0.29) is 30.6 Å². The van der Waals surface area contributed by atoms with E-state index in [9.17, 15) is 14.0 Å². The van der Waals surface area contributed by atoms with Crippen molar-refractivity contribution in [3.63, 3.8) is 0 Å². The maximum absolute atomic E-state index is 13.7. The number of benzene rings is 1.